The number of hydrogen-bond donors (Lipinski definition) is 1. The first kappa shape index (κ1) is 8.47. The topological polar surface area (TPSA) is 42.4 Å². The molecule has 1 aromatic heterocycles. The Morgan fingerprint density at radius 2 is 2.15 bits per heavy atom. The zero-order valence-electron chi connectivity index (χ0n) is 6.57. The molecule has 0 amide bonds. The number of fused-ring (bicyclic) bond motifs is 1. The van der Waals surface area contributed by atoms with E-state index in [1.165, 1.54) is 0 Å². The molecule has 0 unspecified atom stereocenters. The molecule has 13 heavy (non-hydrogen) atoms. The maximum atomic E-state index is 8.43. The number of nitrogens with zero attached hydrogens (tertiary/aromatic N) is 1. The van der Waals surface area contributed by atoms with E-state index in [-0.39, 0.29) is 0 Å². The molecule has 0 aliphatic rings. The molecule has 0 radical (unpaired) electrons. The lowest BCUT2D eigenvalue weighted by atomic mass is 10.2. The molecule has 0 aliphatic carbocycles. The highest BCUT2D eigenvalue weighted by Gasteiger charge is 1.98. The predicted octanol–water partition coefficient (Wildman–Crippen LogP) is 2.85. The smallest absolute Gasteiger partial charge is 0.165 e. The van der Waals surface area contributed by atoms with Gasteiger partial charge >= 0.3 is 0 Å². The number of benzene rings is 1. The minimum atomic E-state index is 0.410. The molecular formula is C9H6BrNO2. The molecule has 0 saturated carbocycles. The molecular weight excluding hydrogens is 234 g/mol. The van der Waals surface area contributed by atoms with Gasteiger partial charge in [0.05, 0.1) is 5.52 Å². The number of aromatic nitrogens is 1. The Morgan fingerprint density at radius 3 is 2.92 bits per heavy atom. The molecule has 0 fully saturated rings. The van der Waals surface area contributed by atoms with E-state index in [9.17, 15) is 0 Å². The van der Waals surface area contributed by atoms with Gasteiger partial charge in [-0.2, -0.15) is 0 Å². The SMILES string of the molecule is OOc1ccc2ncc(Br)cc2c1. The molecule has 66 valence electrons. The van der Waals surface area contributed by atoms with E-state index in [1.54, 1.807) is 24.4 Å². The third kappa shape index (κ3) is 1.64. The molecule has 0 saturated heterocycles. The van der Waals surface area contributed by atoms with Crippen LogP contribution in [0.5, 0.6) is 5.75 Å². The predicted molar refractivity (Wildman–Crippen MR) is 52.7 cm³/mol. The standard InChI is InChI=1S/C9H6BrNO2/c10-7-3-6-4-8(13-12)1-2-9(6)11-5-7/h1-5,12H. The van der Waals surface area contributed by atoms with E-state index in [2.05, 4.69) is 25.8 Å². The third-order valence-corrected chi connectivity index (χ3v) is 2.16. The number of halogens is 1. The van der Waals surface area contributed by atoms with E-state index in [0.717, 1.165) is 15.4 Å². The number of hydrogen-bond acceptors (Lipinski definition) is 3. The molecule has 0 aliphatic heterocycles. The quantitative estimate of drug-likeness (QED) is 0.615. The maximum Gasteiger partial charge on any atom is 0.165 e. The first-order valence-electron chi connectivity index (χ1n) is 3.66. The fourth-order valence-corrected chi connectivity index (χ4v) is 1.49. The second-order valence-electron chi connectivity index (χ2n) is 2.60. The monoisotopic (exact) mass is 239 g/mol. The van der Waals surface area contributed by atoms with Crippen LogP contribution in [0, 0.1) is 0 Å². The van der Waals surface area contributed by atoms with Gasteiger partial charge in [0.1, 0.15) is 0 Å². The molecule has 0 atom stereocenters. The van der Waals surface area contributed by atoms with E-state index >= 15 is 0 Å². The van der Waals surface area contributed by atoms with Crippen molar-refractivity contribution in [1.29, 1.82) is 0 Å². The summed E-state index contributed by atoms with van der Waals surface area (Å²) in [5.41, 5.74) is 0.865. The van der Waals surface area contributed by atoms with Gasteiger partial charge in [0.2, 0.25) is 0 Å². The van der Waals surface area contributed by atoms with Crippen LogP contribution < -0.4 is 4.89 Å². The van der Waals surface area contributed by atoms with Gasteiger partial charge in [0.15, 0.2) is 5.75 Å². The van der Waals surface area contributed by atoms with Crippen molar-refractivity contribution < 1.29 is 10.1 Å². The Labute approximate surface area is 83.0 Å². The molecule has 4 heteroatoms. The Kier molecular flexibility index (Phi) is 2.16. The van der Waals surface area contributed by atoms with Crippen molar-refractivity contribution in [2.75, 3.05) is 0 Å². The van der Waals surface area contributed by atoms with E-state index in [4.69, 9.17) is 5.26 Å². The van der Waals surface area contributed by atoms with Crippen LogP contribution in [-0.2, 0) is 0 Å². The van der Waals surface area contributed by atoms with Gasteiger partial charge in [-0.1, -0.05) is 0 Å². The van der Waals surface area contributed by atoms with Gasteiger partial charge in [-0.3, -0.25) is 4.98 Å². The molecule has 2 rings (SSSR count). The highest BCUT2D eigenvalue weighted by molar-refractivity contribution is 9.10. The van der Waals surface area contributed by atoms with Gasteiger partial charge in [-0.15, -0.1) is 0 Å². The minimum absolute atomic E-state index is 0.410. The minimum Gasteiger partial charge on any atom is -0.340 e. The van der Waals surface area contributed by atoms with Crippen LogP contribution in [0.2, 0.25) is 0 Å². The number of pyridine rings is 1. The van der Waals surface area contributed by atoms with Crippen LogP contribution in [0.1, 0.15) is 0 Å². The average molecular weight is 240 g/mol. The first-order valence-corrected chi connectivity index (χ1v) is 4.45. The summed E-state index contributed by atoms with van der Waals surface area (Å²) in [6.45, 7) is 0. The summed E-state index contributed by atoms with van der Waals surface area (Å²) in [6, 6.07) is 7.06. The summed E-state index contributed by atoms with van der Waals surface area (Å²) >= 11 is 3.31. The molecule has 3 nitrogen and oxygen atoms in total. The summed E-state index contributed by atoms with van der Waals surface area (Å²) in [5.74, 6) is 0.410. The molecule has 1 N–H and O–H groups in total. The van der Waals surface area contributed by atoms with Crippen LogP contribution in [0.4, 0.5) is 0 Å². The van der Waals surface area contributed by atoms with E-state index < -0.39 is 0 Å². The van der Waals surface area contributed by atoms with Gasteiger partial charge in [0.25, 0.3) is 0 Å². The summed E-state index contributed by atoms with van der Waals surface area (Å²) in [4.78, 5) is 8.29. The van der Waals surface area contributed by atoms with E-state index in [0.29, 0.717) is 5.75 Å². The van der Waals surface area contributed by atoms with Gasteiger partial charge in [0, 0.05) is 16.1 Å². The Balaban J connectivity index is 2.68. The molecule has 0 spiro atoms. The van der Waals surface area contributed by atoms with Crippen molar-refractivity contribution in [3.8, 4) is 5.75 Å². The van der Waals surface area contributed by atoms with Crippen molar-refractivity contribution >= 4 is 26.8 Å². The molecule has 1 heterocycles. The molecule has 1 aromatic carbocycles. The Morgan fingerprint density at radius 1 is 1.31 bits per heavy atom. The summed E-state index contributed by atoms with van der Waals surface area (Å²) < 4.78 is 0.898. The Bertz CT molecular complexity index is 445. The highest BCUT2D eigenvalue weighted by Crippen LogP contribution is 2.21. The molecule has 2 aromatic rings. The lowest BCUT2D eigenvalue weighted by Gasteiger charge is -1.99. The Hall–Kier alpha value is -1.13. The van der Waals surface area contributed by atoms with Crippen molar-refractivity contribution in [2.45, 2.75) is 0 Å². The zero-order valence-corrected chi connectivity index (χ0v) is 8.15. The fourth-order valence-electron chi connectivity index (χ4n) is 1.14. The summed E-state index contributed by atoms with van der Waals surface area (Å²) in [7, 11) is 0. The van der Waals surface area contributed by atoms with Crippen LogP contribution in [0.25, 0.3) is 10.9 Å². The third-order valence-electron chi connectivity index (χ3n) is 1.72. The largest absolute Gasteiger partial charge is 0.340 e. The maximum absolute atomic E-state index is 8.43. The zero-order chi connectivity index (χ0) is 9.26. The van der Waals surface area contributed by atoms with Gasteiger partial charge in [-0.25, -0.2) is 5.26 Å². The number of rotatable bonds is 1. The van der Waals surface area contributed by atoms with Crippen LogP contribution in [0.3, 0.4) is 0 Å². The van der Waals surface area contributed by atoms with Gasteiger partial charge < -0.3 is 4.89 Å². The first-order chi connectivity index (χ1) is 6.29. The summed E-state index contributed by atoms with van der Waals surface area (Å²) in [6.07, 6.45) is 1.72. The van der Waals surface area contributed by atoms with Crippen LogP contribution in [-0.4, -0.2) is 10.2 Å². The van der Waals surface area contributed by atoms with Gasteiger partial charge in [-0.05, 0) is 40.2 Å². The van der Waals surface area contributed by atoms with Crippen molar-refractivity contribution in [1.82, 2.24) is 4.98 Å². The van der Waals surface area contributed by atoms with Crippen molar-refractivity contribution in [2.24, 2.45) is 0 Å². The van der Waals surface area contributed by atoms with Crippen molar-refractivity contribution in [3.05, 3.63) is 34.9 Å². The van der Waals surface area contributed by atoms with Crippen LogP contribution >= 0.6 is 15.9 Å². The average Bonchev–Trinajstić information content (AvgIpc) is 2.16. The second-order valence-corrected chi connectivity index (χ2v) is 3.52. The fraction of sp³-hybridized carbons (Fsp3) is 0. The molecule has 0 bridgehead atoms. The summed E-state index contributed by atoms with van der Waals surface area (Å²) in [5, 5.41) is 9.35. The normalized spacial score (nSPS) is 10.3. The van der Waals surface area contributed by atoms with E-state index in [1.807, 2.05) is 6.07 Å². The van der Waals surface area contributed by atoms with Crippen LogP contribution in [0.15, 0.2) is 34.9 Å². The lowest BCUT2D eigenvalue weighted by Crippen LogP contribution is -1.84. The lowest BCUT2D eigenvalue weighted by molar-refractivity contribution is -0.137. The highest BCUT2D eigenvalue weighted by atomic mass is 79.9. The van der Waals surface area contributed by atoms with Crippen molar-refractivity contribution in [3.63, 3.8) is 0 Å². The second kappa shape index (κ2) is 3.32.